The van der Waals surface area contributed by atoms with Crippen LogP contribution in [0.2, 0.25) is 0 Å². The van der Waals surface area contributed by atoms with Crippen molar-refractivity contribution in [3.63, 3.8) is 0 Å². The van der Waals surface area contributed by atoms with Crippen LogP contribution in [0, 0.1) is 0 Å². The first-order valence-corrected chi connectivity index (χ1v) is 6.92. The molecular formula is C15H22N4O2. The smallest absolute Gasteiger partial charge is 0.106 e. The predicted molar refractivity (Wildman–Crippen MR) is 82.6 cm³/mol. The van der Waals surface area contributed by atoms with E-state index in [2.05, 4.69) is 9.89 Å². The molecule has 0 spiro atoms. The van der Waals surface area contributed by atoms with Crippen molar-refractivity contribution < 1.29 is 10.4 Å². The number of hydrogen-bond donors (Lipinski definition) is 2. The number of rotatable bonds is 5. The molecular weight excluding hydrogens is 268 g/mol. The zero-order valence-electron chi connectivity index (χ0n) is 12.7. The quantitative estimate of drug-likeness (QED) is 0.649. The monoisotopic (exact) mass is 290 g/mol. The van der Waals surface area contributed by atoms with Gasteiger partial charge < -0.3 is 9.47 Å². The molecule has 0 radical (unpaired) electrons. The molecule has 2 N–H and O–H groups in total. The van der Waals surface area contributed by atoms with Crippen LogP contribution in [-0.4, -0.2) is 47.1 Å². The van der Waals surface area contributed by atoms with E-state index in [-0.39, 0.29) is 5.23 Å². The fraction of sp³-hybridized carbons (Fsp3) is 0.400. The van der Waals surface area contributed by atoms with Gasteiger partial charge in [0.2, 0.25) is 0 Å². The number of pyridine rings is 1. The Bertz CT molecular complexity index is 677. The zero-order chi connectivity index (χ0) is 15.4. The SMILES string of the molecule is CN(C)CCCN=c1ccn(C)c2cccc(N(O)O)c12. The zero-order valence-corrected chi connectivity index (χ0v) is 12.7. The van der Waals surface area contributed by atoms with Gasteiger partial charge in [-0.25, -0.2) is 0 Å². The molecule has 21 heavy (non-hydrogen) atoms. The molecule has 0 aliphatic heterocycles. The van der Waals surface area contributed by atoms with E-state index < -0.39 is 0 Å². The molecule has 0 bridgehead atoms. The first-order valence-electron chi connectivity index (χ1n) is 6.92. The topological polar surface area (TPSA) is 64.2 Å². The molecule has 0 unspecified atom stereocenters. The van der Waals surface area contributed by atoms with Gasteiger partial charge in [0.25, 0.3) is 0 Å². The molecule has 1 aromatic carbocycles. The van der Waals surface area contributed by atoms with Crippen LogP contribution in [0.25, 0.3) is 10.9 Å². The van der Waals surface area contributed by atoms with Crippen LogP contribution >= 0.6 is 0 Å². The largest absolute Gasteiger partial charge is 0.350 e. The second kappa shape index (κ2) is 6.71. The Balaban J connectivity index is 2.48. The summed E-state index contributed by atoms with van der Waals surface area (Å²) in [6, 6.07) is 7.26. The van der Waals surface area contributed by atoms with Gasteiger partial charge in [-0.2, -0.15) is 0 Å². The maximum Gasteiger partial charge on any atom is 0.106 e. The van der Waals surface area contributed by atoms with Crippen molar-refractivity contribution in [1.82, 2.24) is 9.47 Å². The van der Waals surface area contributed by atoms with Crippen LogP contribution in [0.15, 0.2) is 35.5 Å². The Morgan fingerprint density at radius 1 is 1.19 bits per heavy atom. The van der Waals surface area contributed by atoms with Gasteiger partial charge in [-0.3, -0.25) is 15.4 Å². The molecule has 2 aromatic rings. The summed E-state index contributed by atoms with van der Waals surface area (Å²) in [5, 5.41) is 20.5. The minimum atomic E-state index is 0.154. The van der Waals surface area contributed by atoms with Gasteiger partial charge in [0.05, 0.1) is 16.3 Å². The highest BCUT2D eigenvalue weighted by atomic mass is 16.8. The van der Waals surface area contributed by atoms with Gasteiger partial charge in [0.1, 0.15) is 5.69 Å². The number of anilines is 1. The van der Waals surface area contributed by atoms with Gasteiger partial charge in [0, 0.05) is 19.8 Å². The summed E-state index contributed by atoms with van der Waals surface area (Å²) in [5.74, 6) is 0. The molecule has 0 saturated heterocycles. The molecule has 0 aliphatic carbocycles. The lowest BCUT2D eigenvalue weighted by atomic mass is 10.1. The lowest BCUT2D eigenvalue weighted by Gasteiger charge is -2.13. The predicted octanol–water partition coefficient (Wildman–Crippen LogP) is 1.62. The summed E-state index contributed by atoms with van der Waals surface area (Å²) < 4.78 is 1.93. The average Bonchev–Trinajstić information content (AvgIpc) is 2.45. The molecule has 0 atom stereocenters. The van der Waals surface area contributed by atoms with Crippen LogP contribution in [0.5, 0.6) is 0 Å². The fourth-order valence-corrected chi connectivity index (χ4v) is 2.32. The highest BCUT2D eigenvalue weighted by Gasteiger charge is 2.09. The van der Waals surface area contributed by atoms with Crippen molar-refractivity contribution in [3.8, 4) is 0 Å². The van der Waals surface area contributed by atoms with Crippen LogP contribution in [0.1, 0.15) is 6.42 Å². The van der Waals surface area contributed by atoms with Gasteiger partial charge >= 0.3 is 0 Å². The minimum Gasteiger partial charge on any atom is -0.350 e. The summed E-state index contributed by atoms with van der Waals surface area (Å²) in [4.78, 5) is 6.72. The van der Waals surface area contributed by atoms with E-state index in [0.29, 0.717) is 12.2 Å². The van der Waals surface area contributed by atoms with Gasteiger partial charge in [-0.15, -0.1) is 5.23 Å². The van der Waals surface area contributed by atoms with Crippen LogP contribution in [0.4, 0.5) is 5.69 Å². The van der Waals surface area contributed by atoms with E-state index in [1.54, 1.807) is 12.1 Å². The second-order valence-corrected chi connectivity index (χ2v) is 5.31. The highest BCUT2D eigenvalue weighted by Crippen LogP contribution is 2.21. The van der Waals surface area contributed by atoms with E-state index in [4.69, 9.17) is 0 Å². The molecule has 0 saturated carbocycles. The molecule has 0 aliphatic rings. The maximum absolute atomic E-state index is 9.41. The van der Waals surface area contributed by atoms with Crippen molar-refractivity contribution in [1.29, 1.82) is 0 Å². The Hall–Kier alpha value is -1.89. The van der Waals surface area contributed by atoms with E-state index >= 15 is 0 Å². The Kier molecular flexibility index (Phi) is 4.95. The summed E-state index contributed by atoms with van der Waals surface area (Å²) in [6.07, 6.45) is 2.88. The van der Waals surface area contributed by atoms with E-state index in [9.17, 15) is 10.4 Å². The first-order chi connectivity index (χ1) is 10.0. The second-order valence-electron chi connectivity index (χ2n) is 5.31. The van der Waals surface area contributed by atoms with Crippen molar-refractivity contribution in [2.75, 3.05) is 32.4 Å². The lowest BCUT2D eigenvalue weighted by molar-refractivity contribution is 0.0299. The van der Waals surface area contributed by atoms with Crippen LogP contribution in [0.3, 0.4) is 0 Å². The molecule has 0 fully saturated rings. The van der Waals surface area contributed by atoms with Crippen molar-refractivity contribution >= 4 is 16.6 Å². The molecule has 114 valence electrons. The third-order valence-electron chi connectivity index (χ3n) is 3.37. The lowest BCUT2D eigenvalue weighted by Crippen LogP contribution is -2.18. The van der Waals surface area contributed by atoms with E-state index in [1.165, 1.54) is 0 Å². The minimum absolute atomic E-state index is 0.154. The standard InChI is InChI=1S/C15H22N4O2/c1-17(2)10-5-9-16-12-8-11-18(3)13-6-4-7-14(15(12)13)19(20)21/h4,6-8,11,20-21H,5,9-10H2,1-3H3. The molecule has 6 nitrogen and oxygen atoms in total. The molecule has 1 aromatic heterocycles. The number of benzene rings is 1. The van der Waals surface area contributed by atoms with Crippen molar-refractivity contribution in [3.05, 3.63) is 35.8 Å². The van der Waals surface area contributed by atoms with Crippen molar-refractivity contribution in [2.45, 2.75) is 6.42 Å². The molecule has 6 heteroatoms. The number of nitrogens with zero attached hydrogens (tertiary/aromatic N) is 4. The summed E-state index contributed by atoms with van der Waals surface area (Å²) in [7, 11) is 5.98. The average molecular weight is 290 g/mol. The maximum atomic E-state index is 9.41. The van der Waals surface area contributed by atoms with Gasteiger partial charge in [-0.1, -0.05) is 6.07 Å². The number of hydrogen-bond acceptors (Lipinski definition) is 5. The Morgan fingerprint density at radius 3 is 2.62 bits per heavy atom. The third kappa shape index (κ3) is 3.60. The summed E-state index contributed by atoms with van der Waals surface area (Å²) >= 11 is 0. The van der Waals surface area contributed by atoms with Crippen LogP contribution < -0.4 is 10.6 Å². The number of fused-ring (bicyclic) bond motifs is 1. The molecule has 1 heterocycles. The third-order valence-corrected chi connectivity index (χ3v) is 3.37. The Labute approximate surface area is 124 Å². The van der Waals surface area contributed by atoms with Crippen LogP contribution in [-0.2, 0) is 7.05 Å². The van der Waals surface area contributed by atoms with Gasteiger partial charge in [0.15, 0.2) is 0 Å². The molecule has 0 amide bonds. The Morgan fingerprint density at radius 2 is 1.95 bits per heavy atom. The number of aromatic nitrogens is 1. The fourth-order valence-electron chi connectivity index (χ4n) is 2.32. The van der Waals surface area contributed by atoms with E-state index in [0.717, 1.165) is 29.2 Å². The first kappa shape index (κ1) is 15.5. The molecule has 2 rings (SSSR count). The number of aryl methyl sites for hydroxylation is 1. The summed E-state index contributed by atoms with van der Waals surface area (Å²) in [5.41, 5.74) is 1.23. The normalized spacial score (nSPS) is 12.4. The van der Waals surface area contributed by atoms with Gasteiger partial charge in [-0.05, 0) is 45.3 Å². The van der Waals surface area contributed by atoms with Crippen molar-refractivity contribution in [2.24, 2.45) is 12.0 Å². The van der Waals surface area contributed by atoms with E-state index in [1.807, 2.05) is 44.0 Å². The summed E-state index contributed by atoms with van der Waals surface area (Å²) in [6.45, 7) is 1.67. The highest BCUT2D eigenvalue weighted by molar-refractivity contribution is 5.90.